The van der Waals surface area contributed by atoms with Gasteiger partial charge in [0, 0.05) is 12.2 Å². The Morgan fingerprint density at radius 3 is 2.38 bits per heavy atom. The maximum Gasteiger partial charge on any atom is 0.213 e. The maximum atomic E-state index is 11.0. The fourth-order valence-corrected chi connectivity index (χ4v) is 2.59. The molecule has 0 aliphatic heterocycles. The first-order valence-electron chi connectivity index (χ1n) is 6.29. The Morgan fingerprint density at radius 1 is 1.10 bits per heavy atom. The average Bonchev–Trinajstić information content (AvgIpc) is 2.45. The summed E-state index contributed by atoms with van der Waals surface area (Å²) in [4.78, 5) is 0. The molecule has 0 heterocycles. The normalized spacial score (nSPS) is 10.9. The van der Waals surface area contributed by atoms with Crippen molar-refractivity contribution in [1.29, 1.82) is 5.26 Å². The molecule has 0 saturated carbocycles. The average molecular weight is 301 g/mol. The van der Waals surface area contributed by atoms with Crippen molar-refractivity contribution in [3.8, 4) is 6.07 Å². The highest BCUT2D eigenvalue weighted by Gasteiger charge is 2.05. The van der Waals surface area contributed by atoms with Crippen LogP contribution in [0.3, 0.4) is 0 Å². The summed E-state index contributed by atoms with van der Waals surface area (Å²) in [7, 11) is -3.51. The van der Waals surface area contributed by atoms with Crippen molar-refractivity contribution in [2.24, 2.45) is 5.14 Å². The van der Waals surface area contributed by atoms with Gasteiger partial charge < -0.3 is 5.32 Å². The number of rotatable bonds is 5. The molecule has 0 aliphatic carbocycles. The van der Waals surface area contributed by atoms with E-state index in [2.05, 4.69) is 11.4 Å². The van der Waals surface area contributed by atoms with Gasteiger partial charge in [0.2, 0.25) is 10.0 Å². The highest BCUT2D eigenvalue weighted by Crippen LogP contribution is 2.14. The van der Waals surface area contributed by atoms with Crippen LogP contribution >= 0.6 is 0 Å². The molecule has 2 rings (SSSR count). The topological polar surface area (TPSA) is 96.0 Å². The van der Waals surface area contributed by atoms with Gasteiger partial charge in [0.25, 0.3) is 0 Å². The molecule has 0 unspecified atom stereocenters. The second kappa shape index (κ2) is 6.39. The number of benzene rings is 2. The number of sulfonamides is 1. The molecule has 0 amide bonds. The molecular formula is C15H15N3O2S. The van der Waals surface area contributed by atoms with Crippen molar-refractivity contribution < 1.29 is 8.42 Å². The summed E-state index contributed by atoms with van der Waals surface area (Å²) in [6, 6.07) is 16.5. The van der Waals surface area contributed by atoms with Gasteiger partial charge >= 0.3 is 0 Å². The lowest BCUT2D eigenvalue weighted by atomic mass is 10.1. The molecule has 0 aliphatic rings. The monoisotopic (exact) mass is 301 g/mol. The smallest absolute Gasteiger partial charge is 0.213 e. The highest BCUT2D eigenvalue weighted by atomic mass is 32.2. The van der Waals surface area contributed by atoms with E-state index in [1.165, 1.54) is 0 Å². The summed E-state index contributed by atoms with van der Waals surface area (Å²) in [5, 5.41) is 17.2. The van der Waals surface area contributed by atoms with E-state index in [1.807, 2.05) is 18.2 Å². The zero-order valence-electron chi connectivity index (χ0n) is 11.3. The third-order valence-electron chi connectivity index (χ3n) is 2.94. The molecule has 0 bridgehead atoms. The van der Waals surface area contributed by atoms with Crippen molar-refractivity contribution >= 4 is 15.7 Å². The molecule has 5 nitrogen and oxygen atoms in total. The maximum absolute atomic E-state index is 11.0. The molecule has 0 fully saturated rings. The van der Waals surface area contributed by atoms with Crippen molar-refractivity contribution in [3.63, 3.8) is 0 Å². The highest BCUT2D eigenvalue weighted by molar-refractivity contribution is 7.88. The second-order valence-electron chi connectivity index (χ2n) is 4.63. The standard InChI is InChI=1S/C15H15N3O2S/c16-9-13-3-1-2-4-14(13)10-18-15-7-5-12(6-8-15)11-21(17,19)20/h1-8,18H,10-11H2,(H2,17,19,20). The van der Waals surface area contributed by atoms with Crippen LogP contribution < -0.4 is 10.5 Å². The third-order valence-corrected chi connectivity index (χ3v) is 3.68. The number of anilines is 1. The minimum Gasteiger partial charge on any atom is -0.381 e. The molecule has 0 radical (unpaired) electrons. The molecule has 0 spiro atoms. The molecule has 3 N–H and O–H groups in total. The Bertz CT molecular complexity index is 762. The molecule has 2 aromatic carbocycles. The lowest BCUT2D eigenvalue weighted by molar-refractivity contribution is 0.597. The quantitative estimate of drug-likeness (QED) is 0.882. The van der Waals surface area contributed by atoms with Crippen molar-refractivity contribution in [2.45, 2.75) is 12.3 Å². The number of nitriles is 1. The van der Waals surface area contributed by atoms with Gasteiger partial charge in [-0.05, 0) is 29.3 Å². The Kier molecular flexibility index (Phi) is 4.58. The number of hydrogen-bond acceptors (Lipinski definition) is 4. The van der Waals surface area contributed by atoms with Gasteiger partial charge in [-0.25, -0.2) is 13.6 Å². The minimum absolute atomic E-state index is 0.176. The van der Waals surface area contributed by atoms with Gasteiger partial charge in [-0.1, -0.05) is 30.3 Å². The van der Waals surface area contributed by atoms with E-state index < -0.39 is 10.0 Å². The van der Waals surface area contributed by atoms with E-state index in [-0.39, 0.29) is 5.75 Å². The molecule has 108 valence electrons. The van der Waals surface area contributed by atoms with Crippen LogP contribution in [-0.2, 0) is 22.3 Å². The van der Waals surface area contributed by atoms with Gasteiger partial charge in [0.1, 0.15) is 0 Å². The SMILES string of the molecule is N#Cc1ccccc1CNc1ccc(CS(N)(=O)=O)cc1. The first-order valence-corrected chi connectivity index (χ1v) is 8.01. The van der Waals surface area contributed by atoms with E-state index >= 15 is 0 Å². The van der Waals surface area contributed by atoms with E-state index in [1.54, 1.807) is 30.3 Å². The molecule has 0 atom stereocenters. The fraction of sp³-hybridized carbons (Fsp3) is 0.133. The molecule has 2 aromatic rings. The van der Waals surface area contributed by atoms with Crippen molar-refractivity contribution in [3.05, 3.63) is 65.2 Å². The number of primary sulfonamides is 1. The predicted molar refractivity (Wildman–Crippen MR) is 81.7 cm³/mol. The largest absolute Gasteiger partial charge is 0.381 e. The molecule has 6 heteroatoms. The van der Waals surface area contributed by atoms with Gasteiger partial charge in [0.15, 0.2) is 0 Å². The molecule has 0 aromatic heterocycles. The Hall–Kier alpha value is -2.36. The van der Waals surface area contributed by atoms with Crippen LogP contribution in [0.2, 0.25) is 0 Å². The second-order valence-corrected chi connectivity index (χ2v) is 6.24. The fourth-order valence-electron chi connectivity index (χ4n) is 1.93. The number of nitrogens with two attached hydrogens (primary N) is 1. The van der Waals surface area contributed by atoms with Crippen LogP contribution in [0.15, 0.2) is 48.5 Å². The van der Waals surface area contributed by atoms with Crippen LogP contribution in [0.1, 0.15) is 16.7 Å². The lowest BCUT2D eigenvalue weighted by Crippen LogP contribution is -2.14. The summed E-state index contributed by atoms with van der Waals surface area (Å²) in [5.74, 6) is -0.176. The Morgan fingerprint density at radius 2 is 1.76 bits per heavy atom. The van der Waals surface area contributed by atoms with E-state index in [4.69, 9.17) is 10.4 Å². The molecule has 21 heavy (non-hydrogen) atoms. The van der Waals surface area contributed by atoms with Gasteiger partial charge in [-0.2, -0.15) is 5.26 Å². The summed E-state index contributed by atoms with van der Waals surface area (Å²) in [6.45, 7) is 0.526. The summed E-state index contributed by atoms with van der Waals surface area (Å²) < 4.78 is 22.0. The number of hydrogen-bond donors (Lipinski definition) is 2. The van der Waals surface area contributed by atoms with E-state index in [0.29, 0.717) is 17.7 Å². The van der Waals surface area contributed by atoms with Gasteiger partial charge in [0.05, 0.1) is 17.4 Å². The van der Waals surface area contributed by atoms with Crippen LogP contribution in [-0.4, -0.2) is 8.42 Å². The predicted octanol–water partition coefficient (Wildman–Crippen LogP) is 1.96. The lowest BCUT2D eigenvalue weighted by Gasteiger charge is -2.08. The third kappa shape index (κ3) is 4.60. The zero-order valence-corrected chi connectivity index (χ0v) is 12.1. The van der Waals surface area contributed by atoms with Crippen LogP contribution in [0.4, 0.5) is 5.69 Å². The first kappa shape index (κ1) is 15.0. The number of nitrogens with one attached hydrogen (secondary N) is 1. The Balaban J connectivity index is 2.03. The van der Waals surface area contributed by atoms with Gasteiger partial charge in [-0.3, -0.25) is 0 Å². The van der Waals surface area contributed by atoms with Crippen molar-refractivity contribution in [1.82, 2.24) is 0 Å². The van der Waals surface area contributed by atoms with Gasteiger partial charge in [-0.15, -0.1) is 0 Å². The summed E-state index contributed by atoms with van der Waals surface area (Å²) >= 11 is 0. The zero-order chi connectivity index (χ0) is 15.3. The minimum atomic E-state index is -3.51. The summed E-state index contributed by atoms with van der Waals surface area (Å²) in [6.07, 6.45) is 0. The van der Waals surface area contributed by atoms with Crippen LogP contribution in [0.25, 0.3) is 0 Å². The summed E-state index contributed by atoms with van der Waals surface area (Å²) in [5.41, 5.74) is 3.03. The number of nitrogens with zero attached hydrogens (tertiary/aromatic N) is 1. The van der Waals surface area contributed by atoms with Crippen LogP contribution in [0, 0.1) is 11.3 Å². The van der Waals surface area contributed by atoms with Crippen LogP contribution in [0.5, 0.6) is 0 Å². The van der Waals surface area contributed by atoms with Crippen molar-refractivity contribution in [2.75, 3.05) is 5.32 Å². The molecule has 0 saturated heterocycles. The molecular weight excluding hydrogens is 286 g/mol. The Labute approximate surface area is 124 Å². The first-order chi connectivity index (χ1) is 9.98. The van der Waals surface area contributed by atoms with E-state index in [9.17, 15) is 8.42 Å². The van der Waals surface area contributed by atoms with E-state index in [0.717, 1.165) is 11.3 Å².